The number of aromatic nitrogens is 2. The van der Waals surface area contributed by atoms with E-state index in [1.165, 1.54) is 0 Å². The summed E-state index contributed by atoms with van der Waals surface area (Å²) in [4.78, 5) is 4.73. The third kappa shape index (κ3) is 2.03. The van der Waals surface area contributed by atoms with E-state index in [0.29, 0.717) is 5.82 Å². The lowest BCUT2D eigenvalue weighted by atomic mass is 10.0. The van der Waals surface area contributed by atoms with E-state index in [9.17, 15) is 0 Å². The Balaban J connectivity index is 2.36. The zero-order valence-electron chi connectivity index (χ0n) is 12.8. The zero-order valence-corrected chi connectivity index (χ0v) is 12.8. The molecule has 1 aromatic carbocycles. The van der Waals surface area contributed by atoms with Gasteiger partial charge < -0.3 is 10.5 Å². The van der Waals surface area contributed by atoms with Gasteiger partial charge in [0.05, 0.1) is 7.11 Å². The van der Waals surface area contributed by atoms with Gasteiger partial charge in [-0.05, 0) is 49.6 Å². The number of nitrogen functional groups attached to an aromatic ring is 1. The second-order valence-electron chi connectivity index (χ2n) is 5.39. The molecule has 0 aliphatic carbocycles. The number of pyridine rings is 1. The van der Waals surface area contributed by atoms with Gasteiger partial charge in [-0.1, -0.05) is 12.1 Å². The van der Waals surface area contributed by atoms with E-state index in [-0.39, 0.29) is 0 Å². The van der Waals surface area contributed by atoms with Crippen LogP contribution in [-0.2, 0) is 0 Å². The average Bonchev–Trinajstić information content (AvgIpc) is 2.77. The Morgan fingerprint density at radius 1 is 1.14 bits per heavy atom. The number of imidazole rings is 1. The van der Waals surface area contributed by atoms with E-state index in [0.717, 1.165) is 39.3 Å². The van der Waals surface area contributed by atoms with Crippen molar-refractivity contribution < 1.29 is 4.74 Å². The molecule has 0 fully saturated rings. The Morgan fingerprint density at radius 3 is 2.57 bits per heavy atom. The highest BCUT2D eigenvalue weighted by Crippen LogP contribution is 2.37. The minimum absolute atomic E-state index is 0.636. The number of hydrogen-bond acceptors (Lipinski definition) is 3. The first-order valence-corrected chi connectivity index (χ1v) is 6.91. The molecule has 0 radical (unpaired) electrons. The van der Waals surface area contributed by atoms with Crippen LogP contribution < -0.4 is 10.5 Å². The van der Waals surface area contributed by atoms with Gasteiger partial charge >= 0.3 is 0 Å². The molecule has 4 nitrogen and oxygen atoms in total. The molecule has 108 valence electrons. The Morgan fingerprint density at radius 2 is 1.90 bits per heavy atom. The van der Waals surface area contributed by atoms with Crippen molar-refractivity contribution in [3.63, 3.8) is 0 Å². The van der Waals surface area contributed by atoms with Crippen LogP contribution in [0, 0.1) is 20.8 Å². The molecule has 21 heavy (non-hydrogen) atoms. The highest BCUT2D eigenvalue weighted by atomic mass is 16.5. The van der Waals surface area contributed by atoms with Gasteiger partial charge in [0.1, 0.15) is 22.9 Å². The van der Waals surface area contributed by atoms with Crippen LogP contribution in [-0.4, -0.2) is 16.5 Å². The number of benzene rings is 1. The summed E-state index contributed by atoms with van der Waals surface area (Å²) in [6, 6.07) is 8.17. The summed E-state index contributed by atoms with van der Waals surface area (Å²) in [5, 5.41) is 0. The van der Waals surface area contributed by atoms with Crippen molar-refractivity contribution in [3.05, 3.63) is 47.2 Å². The standard InChI is InChI=1S/C17H19N3O/c1-10-8-12(3)15(21-4)13(9-10)14-16(18)20-7-5-6-11(2)17(20)19-14/h5-9H,18H2,1-4H3. The summed E-state index contributed by atoms with van der Waals surface area (Å²) in [5.74, 6) is 1.46. The molecule has 0 saturated heterocycles. The summed E-state index contributed by atoms with van der Waals surface area (Å²) in [6.45, 7) is 6.13. The van der Waals surface area contributed by atoms with Crippen LogP contribution in [0.3, 0.4) is 0 Å². The maximum atomic E-state index is 6.31. The van der Waals surface area contributed by atoms with Crippen molar-refractivity contribution in [2.45, 2.75) is 20.8 Å². The number of aryl methyl sites for hydroxylation is 3. The minimum Gasteiger partial charge on any atom is -0.496 e. The number of methoxy groups -OCH3 is 1. The first-order chi connectivity index (χ1) is 10.0. The summed E-state index contributed by atoms with van der Waals surface area (Å²) in [7, 11) is 1.68. The molecule has 0 spiro atoms. The van der Waals surface area contributed by atoms with E-state index >= 15 is 0 Å². The molecule has 0 saturated carbocycles. The van der Waals surface area contributed by atoms with Crippen LogP contribution in [0.1, 0.15) is 16.7 Å². The maximum absolute atomic E-state index is 6.31. The third-order valence-electron chi connectivity index (χ3n) is 3.76. The molecular formula is C17H19N3O. The van der Waals surface area contributed by atoms with Gasteiger partial charge in [-0.25, -0.2) is 4.98 Å². The Hall–Kier alpha value is -2.49. The lowest BCUT2D eigenvalue weighted by Gasteiger charge is -2.11. The Labute approximate surface area is 124 Å². The molecule has 0 bridgehead atoms. The van der Waals surface area contributed by atoms with Crippen molar-refractivity contribution >= 4 is 11.5 Å². The lowest BCUT2D eigenvalue weighted by molar-refractivity contribution is 0.413. The molecule has 0 aliphatic rings. The highest BCUT2D eigenvalue weighted by Gasteiger charge is 2.18. The number of rotatable bonds is 2. The molecule has 0 unspecified atom stereocenters. The Bertz CT molecular complexity index is 834. The first-order valence-electron chi connectivity index (χ1n) is 6.91. The molecule has 0 atom stereocenters. The molecular weight excluding hydrogens is 262 g/mol. The summed E-state index contributed by atoms with van der Waals surface area (Å²) < 4.78 is 7.48. The van der Waals surface area contributed by atoms with Gasteiger partial charge in [-0.2, -0.15) is 0 Å². The van der Waals surface area contributed by atoms with Crippen molar-refractivity contribution in [1.29, 1.82) is 0 Å². The molecule has 4 heteroatoms. The molecule has 2 N–H and O–H groups in total. The zero-order chi connectivity index (χ0) is 15.1. The van der Waals surface area contributed by atoms with Crippen LogP contribution in [0.5, 0.6) is 5.75 Å². The van der Waals surface area contributed by atoms with E-state index < -0.39 is 0 Å². The largest absolute Gasteiger partial charge is 0.496 e. The van der Waals surface area contributed by atoms with Crippen molar-refractivity contribution in [2.75, 3.05) is 12.8 Å². The van der Waals surface area contributed by atoms with Crippen LogP contribution in [0.4, 0.5) is 5.82 Å². The van der Waals surface area contributed by atoms with E-state index in [1.807, 2.05) is 36.6 Å². The molecule has 3 aromatic rings. The van der Waals surface area contributed by atoms with E-state index in [2.05, 4.69) is 19.1 Å². The number of anilines is 1. The van der Waals surface area contributed by atoms with Crippen LogP contribution in [0.15, 0.2) is 30.5 Å². The number of nitrogens with two attached hydrogens (primary N) is 1. The summed E-state index contributed by atoms with van der Waals surface area (Å²) in [6.07, 6.45) is 1.93. The van der Waals surface area contributed by atoms with Gasteiger partial charge in [-0.3, -0.25) is 4.40 Å². The minimum atomic E-state index is 0.636. The predicted molar refractivity (Wildman–Crippen MR) is 85.8 cm³/mol. The van der Waals surface area contributed by atoms with Crippen molar-refractivity contribution in [3.8, 4) is 17.0 Å². The van der Waals surface area contributed by atoms with Gasteiger partial charge in [0, 0.05) is 11.8 Å². The number of hydrogen-bond donors (Lipinski definition) is 1. The third-order valence-corrected chi connectivity index (χ3v) is 3.76. The van der Waals surface area contributed by atoms with Gasteiger partial charge in [0.2, 0.25) is 0 Å². The van der Waals surface area contributed by atoms with Crippen molar-refractivity contribution in [1.82, 2.24) is 9.38 Å². The molecule has 2 heterocycles. The van der Waals surface area contributed by atoms with Gasteiger partial charge in [-0.15, -0.1) is 0 Å². The number of nitrogens with zero attached hydrogens (tertiary/aromatic N) is 2. The highest BCUT2D eigenvalue weighted by molar-refractivity contribution is 5.81. The second-order valence-corrected chi connectivity index (χ2v) is 5.39. The average molecular weight is 281 g/mol. The summed E-state index contributed by atoms with van der Waals surface area (Å²) >= 11 is 0. The monoisotopic (exact) mass is 281 g/mol. The lowest BCUT2D eigenvalue weighted by Crippen LogP contribution is -1.97. The number of fused-ring (bicyclic) bond motifs is 1. The fourth-order valence-corrected chi connectivity index (χ4v) is 2.82. The predicted octanol–water partition coefficient (Wildman–Crippen LogP) is 3.52. The Kier molecular flexibility index (Phi) is 3.09. The normalized spacial score (nSPS) is 11.0. The maximum Gasteiger partial charge on any atom is 0.142 e. The van der Waals surface area contributed by atoms with Crippen LogP contribution in [0.25, 0.3) is 16.9 Å². The SMILES string of the molecule is COc1c(C)cc(C)cc1-c1nc2c(C)cccn2c1N. The van der Waals surface area contributed by atoms with Crippen molar-refractivity contribution in [2.24, 2.45) is 0 Å². The van der Waals surface area contributed by atoms with Gasteiger partial charge in [0.25, 0.3) is 0 Å². The van der Waals surface area contributed by atoms with E-state index in [1.54, 1.807) is 7.11 Å². The summed E-state index contributed by atoms with van der Waals surface area (Å²) in [5.41, 5.74) is 12.2. The fraction of sp³-hybridized carbons (Fsp3) is 0.235. The molecule has 2 aromatic heterocycles. The topological polar surface area (TPSA) is 52.5 Å². The molecule has 3 rings (SSSR count). The van der Waals surface area contributed by atoms with Crippen LogP contribution in [0.2, 0.25) is 0 Å². The second kappa shape index (κ2) is 4.81. The van der Waals surface area contributed by atoms with Crippen LogP contribution >= 0.6 is 0 Å². The van der Waals surface area contributed by atoms with E-state index in [4.69, 9.17) is 15.5 Å². The quantitative estimate of drug-likeness (QED) is 0.782. The number of ether oxygens (including phenoxy) is 1. The van der Waals surface area contributed by atoms with Gasteiger partial charge in [0.15, 0.2) is 0 Å². The first kappa shape index (κ1) is 13.5. The molecule has 0 amide bonds. The smallest absolute Gasteiger partial charge is 0.142 e. The fourth-order valence-electron chi connectivity index (χ4n) is 2.82. The molecule has 0 aliphatic heterocycles.